The van der Waals surface area contributed by atoms with Crippen LogP contribution in [0.25, 0.3) is 0 Å². The number of nitrogens with one attached hydrogen (secondary N) is 2. The molecule has 2 N–H and O–H groups in total. The highest BCUT2D eigenvalue weighted by atomic mass is 19.1. The van der Waals surface area contributed by atoms with Crippen LogP contribution in [0.5, 0.6) is 11.5 Å². The number of hydrogen-bond acceptors (Lipinski definition) is 6. The third-order valence-corrected chi connectivity index (χ3v) is 3.59. The van der Waals surface area contributed by atoms with Gasteiger partial charge in [-0.15, -0.1) is 0 Å². The average molecular weight is 390 g/mol. The van der Waals surface area contributed by atoms with Crippen molar-refractivity contribution in [3.05, 3.63) is 59.4 Å². The van der Waals surface area contributed by atoms with Crippen LogP contribution in [-0.2, 0) is 20.7 Å². The largest absolute Gasteiger partial charge is 0.493 e. The normalized spacial score (nSPS) is 9.96. The lowest BCUT2D eigenvalue weighted by Crippen LogP contribution is -2.43. The number of ether oxygens (including phenoxy) is 3. The van der Waals surface area contributed by atoms with Gasteiger partial charge in [0.25, 0.3) is 11.8 Å². The van der Waals surface area contributed by atoms with Crippen LogP contribution in [0.15, 0.2) is 42.5 Å². The lowest BCUT2D eigenvalue weighted by Gasteiger charge is -2.10. The number of carbonyl (C=O) groups is 3. The maximum Gasteiger partial charge on any atom is 0.310 e. The molecule has 2 amide bonds. The minimum absolute atomic E-state index is 0.0881. The SMILES string of the molecule is COc1ccc(CC(=O)OCC(=O)NNC(=O)c2ccccc2F)cc1OC. The van der Waals surface area contributed by atoms with Crippen molar-refractivity contribution in [1.29, 1.82) is 0 Å². The van der Waals surface area contributed by atoms with Crippen LogP contribution < -0.4 is 20.3 Å². The molecule has 2 aromatic carbocycles. The summed E-state index contributed by atoms with van der Waals surface area (Å²) in [7, 11) is 2.97. The van der Waals surface area contributed by atoms with Crippen molar-refractivity contribution in [3.63, 3.8) is 0 Å². The van der Waals surface area contributed by atoms with Gasteiger partial charge in [-0.25, -0.2) is 4.39 Å². The second kappa shape index (κ2) is 9.91. The molecular formula is C19H19FN2O6. The van der Waals surface area contributed by atoms with Crippen LogP contribution in [0.1, 0.15) is 15.9 Å². The van der Waals surface area contributed by atoms with Gasteiger partial charge in [-0.1, -0.05) is 18.2 Å². The molecule has 0 heterocycles. The molecule has 0 atom stereocenters. The third kappa shape index (κ3) is 5.70. The van der Waals surface area contributed by atoms with E-state index in [0.29, 0.717) is 17.1 Å². The Morgan fingerprint density at radius 3 is 2.36 bits per heavy atom. The molecule has 2 aromatic rings. The molecule has 0 aliphatic carbocycles. The number of amides is 2. The Hall–Kier alpha value is -3.62. The van der Waals surface area contributed by atoms with Crippen molar-refractivity contribution in [2.45, 2.75) is 6.42 Å². The molecule has 28 heavy (non-hydrogen) atoms. The van der Waals surface area contributed by atoms with Gasteiger partial charge in [0.2, 0.25) is 0 Å². The minimum Gasteiger partial charge on any atom is -0.493 e. The summed E-state index contributed by atoms with van der Waals surface area (Å²) < 4.78 is 28.6. The fourth-order valence-electron chi connectivity index (χ4n) is 2.23. The van der Waals surface area contributed by atoms with E-state index in [1.165, 1.54) is 32.4 Å². The van der Waals surface area contributed by atoms with Gasteiger partial charge in [0.1, 0.15) is 5.82 Å². The number of halogens is 1. The summed E-state index contributed by atoms with van der Waals surface area (Å²) in [5, 5.41) is 0. The molecule has 0 saturated carbocycles. The Labute approximate surface area is 160 Å². The summed E-state index contributed by atoms with van der Waals surface area (Å²) in [5.74, 6) is -2.00. The van der Waals surface area contributed by atoms with Gasteiger partial charge >= 0.3 is 5.97 Å². The van der Waals surface area contributed by atoms with Crippen LogP contribution >= 0.6 is 0 Å². The van der Waals surface area contributed by atoms with Crippen LogP contribution in [-0.4, -0.2) is 38.6 Å². The van der Waals surface area contributed by atoms with Crippen molar-refractivity contribution < 1.29 is 33.0 Å². The number of hydrogen-bond donors (Lipinski definition) is 2. The molecule has 0 unspecified atom stereocenters. The molecule has 0 spiro atoms. The van der Waals surface area contributed by atoms with Gasteiger partial charge in [-0.2, -0.15) is 0 Å². The first-order chi connectivity index (χ1) is 13.4. The number of benzene rings is 2. The number of rotatable bonds is 7. The van der Waals surface area contributed by atoms with Crippen molar-refractivity contribution in [3.8, 4) is 11.5 Å². The van der Waals surface area contributed by atoms with Crippen molar-refractivity contribution in [2.24, 2.45) is 0 Å². The van der Waals surface area contributed by atoms with E-state index in [0.717, 1.165) is 6.07 Å². The summed E-state index contributed by atoms with van der Waals surface area (Å²) in [4.78, 5) is 35.3. The molecule has 2 rings (SSSR count). The number of hydrazine groups is 1. The fourth-order valence-corrected chi connectivity index (χ4v) is 2.23. The third-order valence-electron chi connectivity index (χ3n) is 3.59. The van der Waals surface area contributed by atoms with Crippen molar-refractivity contribution in [1.82, 2.24) is 10.9 Å². The smallest absolute Gasteiger partial charge is 0.310 e. The fraction of sp³-hybridized carbons (Fsp3) is 0.211. The van der Waals surface area contributed by atoms with E-state index in [9.17, 15) is 18.8 Å². The first kappa shape index (κ1) is 20.7. The van der Waals surface area contributed by atoms with Gasteiger partial charge in [-0.05, 0) is 29.8 Å². The number of esters is 1. The van der Waals surface area contributed by atoms with E-state index in [1.807, 2.05) is 10.9 Å². The second-order valence-corrected chi connectivity index (χ2v) is 5.51. The Balaban J connectivity index is 1.79. The van der Waals surface area contributed by atoms with E-state index < -0.39 is 30.2 Å². The molecule has 0 aliphatic heterocycles. The van der Waals surface area contributed by atoms with E-state index in [-0.39, 0.29) is 12.0 Å². The first-order valence-corrected chi connectivity index (χ1v) is 8.14. The molecule has 0 bridgehead atoms. The predicted molar refractivity (Wildman–Crippen MR) is 96.2 cm³/mol. The first-order valence-electron chi connectivity index (χ1n) is 8.14. The van der Waals surface area contributed by atoms with Crippen LogP contribution in [0.4, 0.5) is 4.39 Å². The standard InChI is InChI=1S/C19H19FN2O6/c1-26-15-8-7-12(9-16(15)27-2)10-18(24)28-11-17(23)21-22-19(25)13-5-3-4-6-14(13)20/h3-9H,10-11H2,1-2H3,(H,21,23)(H,22,25). The van der Waals surface area contributed by atoms with E-state index in [4.69, 9.17) is 14.2 Å². The number of carbonyl (C=O) groups excluding carboxylic acids is 3. The minimum atomic E-state index is -0.830. The van der Waals surface area contributed by atoms with Crippen LogP contribution in [0.3, 0.4) is 0 Å². The quantitative estimate of drug-likeness (QED) is 0.547. The Kier molecular flexibility index (Phi) is 7.32. The maximum absolute atomic E-state index is 13.5. The zero-order valence-corrected chi connectivity index (χ0v) is 15.3. The predicted octanol–water partition coefficient (Wildman–Crippen LogP) is 1.39. The summed E-state index contributed by atoms with van der Waals surface area (Å²) in [6.45, 7) is -0.607. The highest BCUT2D eigenvalue weighted by molar-refractivity contribution is 5.95. The monoisotopic (exact) mass is 390 g/mol. The van der Waals surface area contributed by atoms with Gasteiger partial charge < -0.3 is 14.2 Å². The molecule has 0 radical (unpaired) electrons. The van der Waals surface area contributed by atoms with Gasteiger partial charge in [0.05, 0.1) is 26.2 Å². The highest BCUT2D eigenvalue weighted by Crippen LogP contribution is 2.27. The zero-order valence-electron chi connectivity index (χ0n) is 15.3. The lowest BCUT2D eigenvalue weighted by atomic mass is 10.1. The summed E-state index contributed by atoms with van der Waals surface area (Å²) in [6, 6.07) is 10.2. The molecular weight excluding hydrogens is 371 g/mol. The molecule has 148 valence electrons. The second-order valence-electron chi connectivity index (χ2n) is 5.51. The molecule has 9 heteroatoms. The van der Waals surface area contributed by atoms with Crippen LogP contribution in [0, 0.1) is 5.82 Å². The molecule has 0 aromatic heterocycles. The van der Waals surface area contributed by atoms with Gasteiger partial charge in [-0.3, -0.25) is 25.2 Å². The Bertz CT molecular complexity index is 871. The zero-order chi connectivity index (χ0) is 20.5. The summed E-state index contributed by atoms with van der Waals surface area (Å²) in [6.07, 6.45) is -0.0881. The molecule has 0 fully saturated rings. The maximum atomic E-state index is 13.5. The van der Waals surface area contributed by atoms with Gasteiger partial charge in [0, 0.05) is 0 Å². The highest BCUT2D eigenvalue weighted by Gasteiger charge is 2.14. The van der Waals surface area contributed by atoms with E-state index in [2.05, 4.69) is 0 Å². The molecule has 8 nitrogen and oxygen atoms in total. The number of methoxy groups -OCH3 is 2. The summed E-state index contributed by atoms with van der Waals surface area (Å²) >= 11 is 0. The molecule has 0 saturated heterocycles. The Morgan fingerprint density at radius 2 is 1.68 bits per heavy atom. The topological polar surface area (TPSA) is 103 Å². The van der Waals surface area contributed by atoms with Crippen molar-refractivity contribution >= 4 is 17.8 Å². The van der Waals surface area contributed by atoms with Gasteiger partial charge in [0.15, 0.2) is 18.1 Å². The van der Waals surface area contributed by atoms with Crippen LogP contribution in [0.2, 0.25) is 0 Å². The van der Waals surface area contributed by atoms with Crippen molar-refractivity contribution in [2.75, 3.05) is 20.8 Å². The van der Waals surface area contributed by atoms with E-state index >= 15 is 0 Å². The summed E-state index contributed by atoms with van der Waals surface area (Å²) in [5.41, 5.74) is 4.46. The average Bonchev–Trinajstić information content (AvgIpc) is 2.70. The molecule has 0 aliphatic rings. The van der Waals surface area contributed by atoms with E-state index in [1.54, 1.807) is 18.2 Å². The Morgan fingerprint density at radius 1 is 0.964 bits per heavy atom. The lowest BCUT2D eigenvalue weighted by molar-refractivity contribution is -0.148.